The van der Waals surface area contributed by atoms with Gasteiger partial charge in [0, 0.05) is 42.1 Å². The summed E-state index contributed by atoms with van der Waals surface area (Å²) in [6.07, 6.45) is 0. The van der Waals surface area contributed by atoms with Crippen LogP contribution in [0.4, 0.5) is 23.1 Å². The molecule has 3 heterocycles. The van der Waals surface area contributed by atoms with Crippen LogP contribution in [0.25, 0.3) is 22.4 Å². The molecule has 172 valence electrons. The first kappa shape index (κ1) is 21.5. The lowest BCUT2D eigenvalue weighted by Crippen LogP contribution is -2.51. The van der Waals surface area contributed by atoms with Crippen molar-refractivity contribution in [2.24, 2.45) is 0 Å². The summed E-state index contributed by atoms with van der Waals surface area (Å²) in [5, 5.41) is 12.8. The van der Waals surface area contributed by atoms with Gasteiger partial charge in [-0.15, -0.1) is 0 Å². The number of nitrogens with two attached hydrogens (primary N) is 1. The number of H-pyrrole nitrogens is 1. The molecular formula is C24H24N8O2. The first-order valence-corrected chi connectivity index (χ1v) is 10.9. The maximum Gasteiger partial charge on any atom is 0.417 e. The molecule has 0 saturated carbocycles. The second-order valence-corrected chi connectivity index (χ2v) is 8.34. The zero-order chi connectivity index (χ0) is 23.8. The molecule has 4 N–H and O–H groups in total. The minimum absolute atomic E-state index is 0.143. The number of likely N-dealkylation sites (N-methyl/N-ethyl adjacent to an activating group) is 1. The van der Waals surface area contributed by atoms with Gasteiger partial charge in [0.15, 0.2) is 5.58 Å². The molecule has 0 radical (unpaired) electrons. The van der Waals surface area contributed by atoms with Crippen molar-refractivity contribution in [3.05, 3.63) is 58.6 Å². The Balaban J connectivity index is 1.53. The molecule has 2 aromatic heterocycles. The van der Waals surface area contributed by atoms with Gasteiger partial charge in [-0.1, -0.05) is 18.2 Å². The van der Waals surface area contributed by atoms with Gasteiger partial charge >= 0.3 is 5.76 Å². The van der Waals surface area contributed by atoms with Gasteiger partial charge in [0.25, 0.3) is 0 Å². The third kappa shape index (κ3) is 3.93. The molecule has 34 heavy (non-hydrogen) atoms. The molecule has 10 heteroatoms. The van der Waals surface area contributed by atoms with Crippen LogP contribution in [0.5, 0.6) is 0 Å². The molecule has 10 nitrogen and oxygen atoms in total. The normalized spacial score (nSPS) is 16.5. The number of para-hydroxylation sites is 1. The summed E-state index contributed by atoms with van der Waals surface area (Å²) in [7, 11) is 1.97. The monoisotopic (exact) mass is 456 g/mol. The highest BCUT2D eigenvalue weighted by Gasteiger charge is 2.26. The summed E-state index contributed by atoms with van der Waals surface area (Å²) in [6.45, 7) is 4.15. The van der Waals surface area contributed by atoms with Crippen molar-refractivity contribution >= 4 is 34.2 Å². The molecule has 1 aliphatic rings. The van der Waals surface area contributed by atoms with E-state index in [1.165, 1.54) is 0 Å². The van der Waals surface area contributed by atoms with Gasteiger partial charge in [0.1, 0.15) is 11.9 Å². The van der Waals surface area contributed by atoms with E-state index in [1.54, 1.807) is 18.2 Å². The highest BCUT2D eigenvalue weighted by molar-refractivity contribution is 5.83. The molecule has 4 aromatic rings. The summed E-state index contributed by atoms with van der Waals surface area (Å²) in [5.41, 5.74) is 11.4. The summed E-state index contributed by atoms with van der Waals surface area (Å²) >= 11 is 0. The molecule has 0 aliphatic carbocycles. The number of piperazine rings is 1. The van der Waals surface area contributed by atoms with Crippen LogP contribution < -0.4 is 21.7 Å². The van der Waals surface area contributed by atoms with Crippen LogP contribution >= 0.6 is 0 Å². The van der Waals surface area contributed by atoms with E-state index in [2.05, 4.69) is 36.1 Å². The molecule has 1 saturated heterocycles. The SMILES string of the molecule is Cc1c(Nc2ccc3oc(=O)[nH]c3c2)nc(N)nc1-c1ccccc1N1CCN(C)C(C#N)C1. The van der Waals surface area contributed by atoms with Gasteiger partial charge in [0.2, 0.25) is 5.95 Å². The highest BCUT2D eigenvalue weighted by Crippen LogP contribution is 2.35. The van der Waals surface area contributed by atoms with Crippen LogP contribution in [0.15, 0.2) is 51.7 Å². The minimum Gasteiger partial charge on any atom is -0.408 e. The van der Waals surface area contributed by atoms with Gasteiger partial charge in [-0.2, -0.15) is 10.2 Å². The average molecular weight is 457 g/mol. The maximum absolute atomic E-state index is 11.5. The summed E-state index contributed by atoms with van der Waals surface area (Å²) in [6, 6.07) is 15.5. The topological polar surface area (TPSA) is 140 Å². The van der Waals surface area contributed by atoms with Crippen LogP contribution in [0.2, 0.25) is 0 Å². The Bertz CT molecular complexity index is 1470. The van der Waals surface area contributed by atoms with Gasteiger partial charge in [-0.05, 0) is 38.2 Å². The summed E-state index contributed by atoms with van der Waals surface area (Å²) in [5.74, 6) is 0.204. The van der Waals surface area contributed by atoms with Gasteiger partial charge in [-0.25, -0.2) is 9.78 Å². The van der Waals surface area contributed by atoms with Crippen molar-refractivity contribution in [3.8, 4) is 17.3 Å². The summed E-state index contributed by atoms with van der Waals surface area (Å²) in [4.78, 5) is 27.4. The number of nitriles is 1. The number of oxazole rings is 1. The third-order valence-electron chi connectivity index (χ3n) is 6.14. The number of hydrogen-bond donors (Lipinski definition) is 3. The van der Waals surface area contributed by atoms with Gasteiger partial charge in [0.05, 0.1) is 17.3 Å². The molecule has 1 aliphatic heterocycles. The van der Waals surface area contributed by atoms with Crippen molar-refractivity contribution in [1.82, 2.24) is 19.9 Å². The van der Waals surface area contributed by atoms with E-state index >= 15 is 0 Å². The van der Waals surface area contributed by atoms with E-state index in [-0.39, 0.29) is 12.0 Å². The molecule has 1 atom stereocenters. The number of rotatable bonds is 4. The van der Waals surface area contributed by atoms with Crippen LogP contribution in [-0.4, -0.2) is 52.6 Å². The molecular weight excluding hydrogens is 432 g/mol. The number of nitrogens with zero attached hydrogens (tertiary/aromatic N) is 5. The predicted molar refractivity (Wildman–Crippen MR) is 131 cm³/mol. The lowest BCUT2D eigenvalue weighted by molar-refractivity contribution is 0.262. The third-order valence-corrected chi connectivity index (χ3v) is 6.14. The fourth-order valence-electron chi connectivity index (χ4n) is 4.27. The lowest BCUT2D eigenvalue weighted by Gasteiger charge is -2.38. The molecule has 0 spiro atoms. The maximum atomic E-state index is 11.5. The second-order valence-electron chi connectivity index (χ2n) is 8.34. The lowest BCUT2D eigenvalue weighted by atomic mass is 10.0. The number of nitrogens with one attached hydrogen (secondary N) is 2. The molecule has 5 rings (SSSR count). The van der Waals surface area contributed by atoms with Crippen LogP contribution in [-0.2, 0) is 0 Å². The Morgan fingerprint density at radius 1 is 1.24 bits per heavy atom. The number of nitrogen functional groups attached to an aromatic ring is 1. The fraction of sp³-hybridized carbons (Fsp3) is 0.250. The standard InChI is InChI=1S/C24H24N8O2/c1-14-21(17-5-3-4-6-19(17)32-10-9-31(2)16(12-25)13-32)29-23(26)30-22(14)27-15-7-8-20-18(11-15)28-24(33)34-20/h3-8,11,16H,9-10,13H2,1-2H3,(H,28,33)(H3,26,27,29,30). The first-order valence-electron chi connectivity index (χ1n) is 10.9. The van der Waals surface area contributed by atoms with E-state index in [0.29, 0.717) is 23.5 Å². The molecule has 1 fully saturated rings. The molecule has 1 unspecified atom stereocenters. The van der Waals surface area contributed by atoms with Crippen molar-refractivity contribution in [2.75, 3.05) is 42.6 Å². The Labute approximate surface area is 195 Å². The Morgan fingerprint density at radius 2 is 2.06 bits per heavy atom. The first-order chi connectivity index (χ1) is 16.4. The van der Waals surface area contributed by atoms with E-state index in [9.17, 15) is 10.1 Å². The largest absolute Gasteiger partial charge is 0.417 e. The number of aromatic amines is 1. The van der Waals surface area contributed by atoms with Gasteiger partial charge < -0.3 is 20.4 Å². The number of hydrogen-bond acceptors (Lipinski definition) is 9. The van der Waals surface area contributed by atoms with Crippen LogP contribution in [0.3, 0.4) is 0 Å². The molecule has 2 aromatic carbocycles. The second kappa shape index (κ2) is 8.53. The predicted octanol–water partition coefficient (Wildman–Crippen LogP) is 2.86. The van der Waals surface area contributed by atoms with Crippen molar-refractivity contribution in [3.63, 3.8) is 0 Å². The van der Waals surface area contributed by atoms with Crippen LogP contribution in [0.1, 0.15) is 5.56 Å². The molecule has 0 bridgehead atoms. The van der Waals surface area contributed by atoms with E-state index in [1.807, 2.05) is 38.2 Å². The minimum atomic E-state index is -0.504. The molecule has 0 amide bonds. The average Bonchev–Trinajstić information content (AvgIpc) is 3.21. The van der Waals surface area contributed by atoms with E-state index < -0.39 is 5.76 Å². The smallest absolute Gasteiger partial charge is 0.408 e. The number of benzene rings is 2. The van der Waals surface area contributed by atoms with Gasteiger partial charge in [-0.3, -0.25) is 9.88 Å². The Kier molecular flexibility index (Phi) is 5.39. The fourth-order valence-corrected chi connectivity index (χ4v) is 4.27. The number of aromatic nitrogens is 3. The Morgan fingerprint density at radius 3 is 2.88 bits per heavy atom. The quantitative estimate of drug-likeness (QED) is 0.423. The van der Waals surface area contributed by atoms with Crippen molar-refractivity contribution in [2.45, 2.75) is 13.0 Å². The van der Waals surface area contributed by atoms with Crippen LogP contribution in [0, 0.1) is 18.3 Å². The van der Waals surface area contributed by atoms with E-state index in [0.717, 1.165) is 41.3 Å². The summed E-state index contributed by atoms with van der Waals surface area (Å²) < 4.78 is 5.07. The number of anilines is 4. The Hall–Kier alpha value is -4.36. The van der Waals surface area contributed by atoms with E-state index in [4.69, 9.17) is 10.2 Å². The van der Waals surface area contributed by atoms with Crippen molar-refractivity contribution < 1.29 is 4.42 Å². The highest BCUT2D eigenvalue weighted by atomic mass is 16.4. The van der Waals surface area contributed by atoms with Crippen molar-refractivity contribution in [1.29, 1.82) is 5.26 Å². The number of fused-ring (bicyclic) bond motifs is 1. The zero-order valence-electron chi connectivity index (χ0n) is 18.9. The zero-order valence-corrected chi connectivity index (χ0v) is 18.9.